The highest BCUT2D eigenvalue weighted by atomic mass is 32.1. The van der Waals surface area contributed by atoms with Crippen molar-refractivity contribution in [2.75, 3.05) is 13.2 Å². The van der Waals surface area contributed by atoms with Gasteiger partial charge in [0.2, 0.25) is 0 Å². The van der Waals surface area contributed by atoms with Gasteiger partial charge in [0.25, 0.3) is 5.91 Å². The van der Waals surface area contributed by atoms with E-state index in [9.17, 15) is 14.7 Å². The van der Waals surface area contributed by atoms with E-state index in [4.69, 9.17) is 4.74 Å². The second-order valence-electron chi connectivity index (χ2n) is 5.76. The van der Waals surface area contributed by atoms with Crippen molar-refractivity contribution >= 4 is 23.2 Å². The number of fused-ring (bicyclic) bond motifs is 1. The van der Waals surface area contributed by atoms with Gasteiger partial charge in [-0.05, 0) is 37.3 Å². The highest BCUT2D eigenvalue weighted by Gasteiger charge is 2.44. The Balaban J connectivity index is 1.78. The summed E-state index contributed by atoms with van der Waals surface area (Å²) in [5.41, 5.74) is -0.00643. The van der Waals surface area contributed by atoms with E-state index < -0.39 is 11.5 Å². The van der Waals surface area contributed by atoms with Crippen LogP contribution in [0.4, 0.5) is 0 Å². The molecule has 1 aliphatic heterocycles. The normalized spacial score (nSPS) is 25.1. The lowest BCUT2D eigenvalue weighted by Crippen LogP contribution is -2.55. The highest BCUT2D eigenvalue weighted by Crippen LogP contribution is 2.29. The van der Waals surface area contributed by atoms with Gasteiger partial charge in [-0.3, -0.25) is 4.79 Å². The monoisotopic (exact) mass is 309 g/mol. The predicted molar refractivity (Wildman–Crippen MR) is 78.8 cm³/mol. The number of rotatable bonds is 3. The number of aryl methyl sites for hydroxylation is 2. The van der Waals surface area contributed by atoms with Crippen molar-refractivity contribution in [3.05, 3.63) is 21.4 Å². The first-order valence-electron chi connectivity index (χ1n) is 7.36. The fraction of sp³-hybridized carbons (Fsp3) is 0.600. The van der Waals surface area contributed by atoms with Gasteiger partial charge in [-0.15, -0.1) is 11.3 Å². The third-order valence-corrected chi connectivity index (χ3v) is 5.49. The molecule has 0 radical (unpaired) electrons. The van der Waals surface area contributed by atoms with Crippen molar-refractivity contribution in [1.29, 1.82) is 0 Å². The fourth-order valence-corrected chi connectivity index (χ4v) is 4.09. The number of carbonyl (C=O) groups is 2. The summed E-state index contributed by atoms with van der Waals surface area (Å²) >= 11 is 1.50. The van der Waals surface area contributed by atoms with Crippen LogP contribution in [0, 0.1) is 0 Å². The smallest absolute Gasteiger partial charge is 0.331 e. The minimum Gasteiger partial charge on any atom is -0.479 e. The summed E-state index contributed by atoms with van der Waals surface area (Å²) in [6, 6.07) is 1.94. The summed E-state index contributed by atoms with van der Waals surface area (Å²) in [6.45, 7) is 0.409. The lowest BCUT2D eigenvalue weighted by atomic mass is 9.99. The van der Waals surface area contributed by atoms with Crippen LogP contribution in [0.1, 0.15) is 45.8 Å². The highest BCUT2D eigenvalue weighted by molar-refractivity contribution is 7.14. The lowest BCUT2D eigenvalue weighted by molar-refractivity contribution is -0.144. The summed E-state index contributed by atoms with van der Waals surface area (Å²) in [4.78, 5) is 25.7. The summed E-state index contributed by atoms with van der Waals surface area (Å²) in [5.74, 6) is -1.31. The molecule has 2 aliphatic rings. The minimum atomic E-state index is -1.27. The number of carbonyl (C=O) groups excluding carboxylic acids is 1. The molecule has 21 heavy (non-hydrogen) atoms. The van der Waals surface area contributed by atoms with Gasteiger partial charge >= 0.3 is 5.97 Å². The van der Waals surface area contributed by atoms with Crippen LogP contribution in [0.2, 0.25) is 0 Å². The number of ether oxygens (including phenoxy) is 1. The Morgan fingerprint density at radius 2 is 2.10 bits per heavy atom. The predicted octanol–water partition coefficient (Wildman–Crippen LogP) is 1.99. The zero-order valence-electron chi connectivity index (χ0n) is 11.8. The molecule has 1 aromatic heterocycles. The van der Waals surface area contributed by atoms with Crippen molar-refractivity contribution in [2.24, 2.45) is 0 Å². The number of thiophene rings is 1. The van der Waals surface area contributed by atoms with E-state index in [1.165, 1.54) is 34.6 Å². The Bertz CT molecular complexity index is 537. The SMILES string of the molecule is O=C(NC1(C(=O)O)CCOC1)c1cc2c(s1)CCCCC2. The maximum absolute atomic E-state index is 12.4. The van der Waals surface area contributed by atoms with Crippen molar-refractivity contribution < 1.29 is 19.4 Å². The fourth-order valence-electron chi connectivity index (χ4n) is 2.94. The molecule has 6 heteroatoms. The first-order chi connectivity index (χ1) is 10.1. The molecule has 1 fully saturated rings. The van der Waals surface area contributed by atoms with Gasteiger partial charge in [-0.25, -0.2) is 4.79 Å². The second kappa shape index (κ2) is 5.77. The van der Waals surface area contributed by atoms with Crippen LogP contribution < -0.4 is 5.32 Å². The zero-order valence-corrected chi connectivity index (χ0v) is 12.6. The minimum absolute atomic E-state index is 0.0408. The molecule has 0 saturated carbocycles. The van der Waals surface area contributed by atoms with E-state index in [1.807, 2.05) is 6.07 Å². The Morgan fingerprint density at radius 1 is 1.29 bits per heavy atom. The third kappa shape index (κ3) is 2.82. The van der Waals surface area contributed by atoms with E-state index in [-0.39, 0.29) is 12.5 Å². The molecule has 114 valence electrons. The van der Waals surface area contributed by atoms with E-state index in [0.29, 0.717) is 17.9 Å². The van der Waals surface area contributed by atoms with Crippen molar-refractivity contribution in [3.8, 4) is 0 Å². The average Bonchev–Trinajstić information content (AvgIpc) is 3.02. The molecule has 1 aromatic rings. The molecule has 2 N–H and O–H groups in total. The Hall–Kier alpha value is -1.40. The molecule has 5 nitrogen and oxygen atoms in total. The van der Waals surface area contributed by atoms with Gasteiger partial charge in [0.1, 0.15) is 0 Å². The zero-order chi connectivity index (χ0) is 14.9. The van der Waals surface area contributed by atoms with Gasteiger partial charge in [-0.1, -0.05) is 6.42 Å². The molecule has 1 aliphatic carbocycles. The van der Waals surface area contributed by atoms with Crippen LogP contribution in [0.5, 0.6) is 0 Å². The molecule has 1 saturated heterocycles. The first kappa shape index (κ1) is 14.5. The van der Waals surface area contributed by atoms with E-state index in [2.05, 4.69) is 5.32 Å². The lowest BCUT2D eigenvalue weighted by Gasteiger charge is -2.23. The largest absolute Gasteiger partial charge is 0.479 e. The summed E-state index contributed by atoms with van der Waals surface area (Å²) in [5, 5.41) is 12.0. The van der Waals surface area contributed by atoms with Gasteiger partial charge in [-0.2, -0.15) is 0 Å². The Kier molecular flexibility index (Phi) is 3.99. The van der Waals surface area contributed by atoms with Gasteiger partial charge in [0.05, 0.1) is 11.5 Å². The van der Waals surface area contributed by atoms with Gasteiger partial charge in [0.15, 0.2) is 5.54 Å². The van der Waals surface area contributed by atoms with E-state index in [1.54, 1.807) is 0 Å². The number of amides is 1. The molecular formula is C15H19NO4S. The van der Waals surface area contributed by atoms with Crippen molar-refractivity contribution in [2.45, 2.75) is 44.1 Å². The number of aliphatic carboxylic acids is 1. The van der Waals surface area contributed by atoms with Crippen LogP contribution in [0.25, 0.3) is 0 Å². The standard InChI is InChI=1S/C15H19NO4S/c17-13(16-15(14(18)19)6-7-20-9-15)12-8-10-4-2-1-3-5-11(10)21-12/h8H,1-7,9H2,(H,16,17)(H,18,19). The van der Waals surface area contributed by atoms with Crippen LogP contribution in [-0.4, -0.2) is 35.7 Å². The number of hydrogen-bond acceptors (Lipinski definition) is 4. The van der Waals surface area contributed by atoms with Gasteiger partial charge in [0, 0.05) is 17.9 Å². The molecule has 1 unspecified atom stereocenters. The molecule has 0 bridgehead atoms. The maximum atomic E-state index is 12.4. The second-order valence-corrected chi connectivity index (χ2v) is 6.90. The van der Waals surface area contributed by atoms with Gasteiger partial charge < -0.3 is 15.2 Å². The Morgan fingerprint density at radius 3 is 2.81 bits per heavy atom. The molecule has 1 amide bonds. The molecule has 0 aromatic carbocycles. The maximum Gasteiger partial charge on any atom is 0.331 e. The third-order valence-electron chi connectivity index (χ3n) is 4.25. The Labute approximate surface area is 127 Å². The van der Waals surface area contributed by atoms with E-state index >= 15 is 0 Å². The molecule has 2 heterocycles. The number of nitrogens with one attached hydrogen (secondary N) is 1. The molecular weight excluding hydrogens is 290 g/mol. The molecule has 3 rings (SSSR count). The number of carboxylic acids is 1. The average molecular weight is 309 g/mol. The molecule has 1 atom stereocenters. The van der Waals surface area contributed by atoms with Crippen LogP contribution in [-0.2, 0) is 22.4 Å². The van der Waals surface area contributed by atoms with Crippen LogP contribution in [0.3, 0.4) is 0 Å². The van der Waals surface area contributed by atoms with E-state index in [0.717, 1.165) is 19.3 Å². The quantitative estimate of drug-likeness (QED) is 0.837. The summed E-state index contributed by atoms with van der Waals surface area (Å²) in [7, 11) is 0. The van der Waals surface area contributed by atoms with Crippen LogP contribution >= 0.6 is 11.3 Å². The number of hydrogen-bond donors (Lipinski definition) is 2. The van der Waals surface area contributed by atoms with Crippen molar-refractivity contribution in [1.82, 2.24) is 5.32 Å². The van der Waals surface area contributed by atoms with Crippen molar-refractivity contribution in [3.63, 3.8) is 0 Å². The summed E-state index contributed by atoms with van der Waals surface area (Å²) < 4.78 is 5.16. The summed E-state index contributed by atoms with van der Waals surface area (Å²) in [6.07, 6.45) is 5.94. The number of carboxylic acid groups (broad SMARTS) is 1. The van der Waals surface area contributed by atoms with Crippen LogP contribution in [0.15, 0.2) is 6.07 Å². The topological polar surface area (TPSA) is 75.6 Å². The first-order valence-corrected chi connectivity index (χ1v) is 8.18. The molecule has 0 spiro atoms.